The van der Waals surface area contributed by atoms with Crippen LogP contribution in [0.4, 0.5) is 0 Å². The van der Waals surface area contributed by atoms with Crippen molar-refractivity contribution < 1.29 is 4.57 Å². The summed E-state index contributed by atoms with van der Waals surface area (Å²) in [6.07, 6.45) is 11.6. The van der Waals surface area contributed by atoms with Crippen LogP contribution in [0.2, 0.25) is 0 Å². The molecule has 0 bridgehead atoms. The van der Waals surface area contributed by atoms with Gasteiger partial charge in [0.05, 0.1) is 0 Å². The zero-order valence-corrected chi connectivity index (χ0v) is 9.35. The number of hydrogen-bond donors (Lipinski definition) is 0. The van der Waals surface area contributed by atoms with Crippen molar-refractivity contribution in [3.05, 3.63) is 54.4 Å². The maximum absolute atomic E-state index is 5.30. The lowest BCUT2D eigenvalue weighted by atomic mass is 10.2. The van der Waals surface area contributed by atoms with Crippen LogP contribution in [0.3, 0.4) is 0 Å². The van der Waals surface area contributed by atoms with Crippen LogP contribution in [-0.4, -0.2) is 0 Å². The second-order valence-electron chi connectivity index (χ2n) is 3.80. The topological polar surface area (TPSA) is 3.88 Å². The van der Waals surface area contributed by atoms with E-state index >= 15 is 0 Å². The molecule has 0 aliphatic heterocycles. The van der Waals surface area contributed by atoms with Crippen molar-refractivity contribution in [1.82, 2.24) is 0 Å². The quantitative estimate of drug-likeness (QED) is 0.528. The first-order chi connectivity index (χ1) is 7.79. The van der Waals surface area contributed by atoms with E-state index < -0.39 is 0 Å². The number of terminal acetylenes is 1. The first-order valence-electron chi connectivity index (χ1n) is 5.31. The molecule has 0 spiro atoms. The lowest BCUT2D eigenvalue weighted by molar-refractivity contribution is -0.685. The monoisotopic (exact) mass is 208 g/mol. The Labute approximate surface area is 96.0 Å². The second kappa shape index (κ2) is 4.63. The summed E-state index contributed by atoms with van der Waals surface area (Å²) in [5, 5.41) is 2.51. The molecule has 0 aliphatic carbocycles. The standard InChI is InChI=1S/C15H14N/c1-3-13(2)8-10-16-11-9-14-6-4-5-7-15(14)12-16/h1,4-9,11-12H,10H2,2H3/q+1/b13-8-. The van der Waals surface area contributed by atoms with Crippen LogP contribution in [0.5, 0.6) is 0 Å². The zero-order valence-electron chi connectivity index (χ0n) is 9.35. The minimum Gasteiger partial charge on any atom is -0.201 e. The number of fused-ring (bicyclic) bond motifs is 1. The van der Waals surface area contributed by atoms with Gasteiger partial charge in [0.2, 0.25) is 0 Å². The van der Waals surface area contributed by atoms with Crippen LogP contribution in [0.25, 0.3) is 10.8 Å². The summed E-state index contributed by atoms with van der Waals surface area (Å²) in [7, 11) is 0. The van der Waals surface area contributed by atoms with Gasteiger partial charge < -0.3 is 0 Å². The van der Waals surface area contributed by atoms with Crippen LogP contribution >= 0.6 is 0 Å². The number of benzene rings is 1. The number of hydrogen-bond acceptors (Lipinski definition) is 0. The van der Waals surface area contributed by atoms with Crippen LogP contribution in [0, 0.1) is 12.3 Å². The molecule has 0 N–H and O–H groups in total. The first-order valence-corrected chi connectivity index (χ1v) is 5.31. The third-order valence-corrected chi connectivity index (χ3v) is 2.58. The van der Waals surface area contributed by atoms with Gasteiger partial charge >= 0.3 is 0 Å². The number of rotatable bonds is 2. The molecule has 1 nitrogen and oxygen atoms in total. The third-order valence-electron chi connectivity index (χ3n) is 2.58. The molecule has 0 radical (unpaired) electrons. The highest BCUT2D eigenvalue weighted by Gasteiger charge is 2.00. The summed E-state index contributed by atoms with van der Waals surface area (Å²) in [4.78, 5) is 0. The van der Waals surface area contributed by atoms with Gasteiger partial charge in [0.1, 0.15) is 0 Å². The summed E-state index contributed by atoms with van der Waals surface area (Å²) in [6, 6.07) is 10.4. The highest BCUT2D eigenvalue weighted by atomic mass is 14.9. The lowest BCUT2D eigenvalue weighted by Gasteiger charge is -1.96. The minimum absolute atomic E-state index is 0.820. The molecule has 0 saturated heterocycles. The van der Waals surface area contributed by atoms with E-state index in [1.807, 2.05) is 6.92 Å². The predicted molar refractivity (Wildman–Crippen MR) is 66.7 cm³/mol. The number of pyridine rings is 1. The molecule has 0 saturated carbocycles. The van der Waals surface area contributed by atoms with Gasteiger partial charge in [-0.05, 0) is 24.5 Å². The molecule has 0 unspecified atom stereocenters. The van der Waals surface area contributed by atoms with Crippen molar-refractivity contribution >= 4 is 10.8 Å². The Balaban J connectivity index is 2.30. The fraction of sp³-hybridized carbons (Fsp3) is 0.133. The van der Waals surface area contributed by atoms with E-state index in [-0.39, 0.29) is 0 Å². The first kappa shape index (κ1) is 10.4. The Morgan fingerprint density at radius 2 is 2.06 bits per heavy atom. The molecule has 2 aromatic rings. The van der Waals surface area contributed by atoms with Crippen molar-refractivity contribution in [3.63, 3.8) is 0 Å². The SMILES string of the molecule is C#C/C(C)=C\C[n+]1ccc2ccccc2c1. The van der Waals surface area contributed by atoms with Gasteiger partial charge in [-0.25, -0.2) is 4.57 Å². The van der Waals surface area contributed by atoms with Crippen molar-refractivity contribution in [2.24, 2.45) is 0 Å². The van der Waals surface area contributed by atoms with Crippen LogP contribution in [-0.2, 0) is 6.54 Å². The Bertz CT molecular complexity index is 573. The van der Waals surface area contributed by atoms with Gasteiger partial charge in [-0.2, -0.15) is 0 Å². The minimum atomic E-state index is 0.820. The average molecular weight is 208 g/mol. The molecular formula is C15H14N+. The van der Waals surface area contributed by atoms with Gasteiger partial charge in [0.25, 0.3) is 0 Å². The molecule has 0 amide bonds. The summed E-state index contributed by atoms with van der Waals surface area (Å²) in [5.41, 5.74) is 0.973. The van der Waals surface area contributed by atoms with Crippen LogP contribution < -0.4 is 4.57 Å². The van der Waals surface area contributed by atoms with E-state index in [1.54, 1.807) is 0 Å². The largest absolute Gasteiger partial charge is 0.201 e. The van der Waals surface area contributed by atoms with Gasteiger partial charge in [-0.15, -0.1) is 6.42 Å². The summed E-state index contributed by atoms with van der Waals surface area (Å²) < 4.78 is 2.13. The van der Waals surface area contributed by atoms with Crippen molar-refractivity contribution in [2.45, 2.75) is 13.5 Å². The van der Waals surface area contributed by atoms with Crippen LogP contribution in [0.15, 0.2) is 54.4 Å². The molecule has 1 heteroatoms. The van der Waals surface area contributed by atoms with Gasteiger partial charge in [-0.3, -0.25) is 0 Å². The molecular weight excluding hydrogens is 194 g/mol. The predicted octanol–water partition coefficient (Wildman–Crippen LogP) is 2.71. The van der Waals surface area contributed by atoms with E-state index in [0.717, 1.165) is 12.1 Å². The number of aromatic nitrogens is 1. The lowest BCUT2D eigenvalue weighted by Crippen LogP contribution is -2.31. The molecule has 0 atom stereocenters. The molecule has 1 aromatic heterocycles. The maximum Gasteiger partial charge on any atom is 0.176 e. The Morgan fingerprint density at radius 3 is 2.81 bits per heavy atom. The van der Waals surface area contributed by atoms with Crippen molar-refractivity contribution in [3.8, 4) is 12.3 Å². The summed E-state index contributed by atoms with van der Waals surface area (Å²) in [5.74, 6) is 2.62. The fourth-order valence-electron chi connectivity index (χ4n) is 1.59. The van der Waals surface area contributed by atoms with Crippen molar-refractivity contribution in [2.75, 3.05) is 0 Å². The smallest absolute Gasteiger partial charge is 0.176 e. The molecule has 1 aromatic carbocycles. The summed E-state index contributed by atoms with van der Waals surface area (Å²) in [6.45, 7) is 2.77. The highest BCUT2D eigenvalue weighted by molar-refractivity contribution is 5.80. The number of allylic oxidation sites excluding steroid dienone is 2. The Kier molecular flexibility index (Phi) is 3.03. The molecule has 0 aliphatic rings. The molecule has 1 heterocycles. The maximum atomic E-state index is 5.30. The average Bonchev–Trinajstić information content (AvgIpc) is 2.35. The fourth-order valence-corrected chi connectivity index (χ4v) is 1.59. The van der Waals surface area contributed by atoms with E-state index in [1.165, 1.54) is 10.8 Å². The van der Waals surface area contributed by atoms with Crippen molar-refractivity contribution in [1.29, 1.82) is 0 Å². The van der Waals surface area contributed by atoms with E-state index in [0.29, 0.717) is 0 Å². The zero-order chi connectivity index (χ0) is 11.4. The van der Waals surface area contributed by atoms with Gasteiger partial charge in [0, 0.05) is 17.0 Å². The van der Waals surface area contributed by atoms with Crippen LogP contribution in [0.1, 0.15) is 6.92 Å². The molecule has 2 rings (SSSR count). The summed E-state index contributed by atoms with van der Waals surface area (Å²) >= 11 is 0. The molecule has 16 heavy (non-hydrogen) atoms. The van der Waals surface area contributed by atoms with E-state index in [9.17, 15) is 0 Å². The Hall–Kier alpha value is -2.07. The normalized spacial score (nSPS) is 11.4. The van der Waals surface area contributed by atoms with Gasteiger partial charge in [0.15, 0.2) is 18.9 Å². The molecule has 78 valence electrons. The third kappa shape index (κ3) is 2.29. The van der Waals surface area contributed by atoms with E-state index in [2.05, 4.69) is 59.3 Å². The highest BCUT2D eigenvalue weighted by Crippen LogP contribution is 2.09. The second-order valence-corrected chi connectivity index (χ2v) is 3.80. The Morgan fingerprint density at radius 1 is 1.31 bits per heavy atom. The van der Waals surface area contributed by atoms with Gasteiger partial charge in [-0.1, -0.05) is 24.1 Å². The number of nitrogens with zero attached hydrogens (tertiary/aromatic N) is 1. The molecule has 0 fully saturated rings. The van der Waals surface area contributed by atoms with E-state index in [4.69, 9.17) is 6.42 Å².